The van der Waals surface area contributed by atoms with E-state index in [1.54, 1.807) is 0 Å². The number of aromatic nitrogens is 5. The van der Waals surface area contributed by atoms with E-state index in [-0.39, 0.29) is 31.9 Å². The molecule has 6 nitrogen and oxygen atoms in total. The number of benzene rings is 9. The van der Waals surface area contributed by atoms with Crippen molar-refractivity contribution < 1.29 is 30.4 Å². The van der Waals surface area contributed by atoms with Crippen molar-refractivity contribution in [3.05, 3.63) is 230 Å². The molecule has 0 saturated heterocycles. The topological polar surface area (TPSA) is 40.8 Å². The average Bonchev–Trinajstić information content (AvgIpc) is 4.08. The molecule has 9 aromatic carbocycles. The maximum atomic E-state index is 6.85. The number of hydrogen-bond acceptors (Lipinski definition) is 2. The molecule has 1 aliphatic rings. The minimum Gasteiger partial charge on any atom is -0.510 e. The molecular formula is C68H51N5OPt-2. The van der Waals surface area contributed by atoms with Gasteiger partial charge in [0.1, 0.15) is 5.82 Å². The van der Waals surface area contributed by atoms with Gasteiger partial charge in [-0.1, -0.05) is 168 Å². The normalized spacial score (nSPS) is 12.3. The first-order valence-corrected chi connectivity index (χ1v) is 25.5. The van der Waals surface area contributed by atoms with Crippen molar-refractivity contribution in [3.8, 4) is 67.8 Å². The fraction of sp³-hybridized carbons (Fsp3) is 0.118. The van der Waals surface area contributed by atoms with Crippen molar-refractivity contribution in [1.29, 1.82) is 0 Å². The molecule has 14 rings (SSSR count). The molecule has 1 aliphatic heterocycles. The summed E-state index contributed by atoms with van der Waals surface area (Å²) in [5.41, 5.74) is 18.3. The third kappa shape index (κ3) is 7.41. The quantitative estimate of drug-likeness (QED) is 0.127. The maximum absolute atomic E-state index is 6.85. The Labute approximate surface area is 451 Å². The number of imidazole rings is 1. The van der Waals surface area contributed by atoms with E-state index in [4.69, 9.17) is 9.72 Å². The Balaban J connectivity index is 0.00000541. The van der Waals surface area contributed by atoms with Gasteiger partial charge in [0.25, 0.3) is 6.33 Å². The first-order chi connectivity index (χ1) is 36.0. The summed E-state index contributed by atoms with van der Waals surface area (Å²) in [6.07, 6.45) is 5.92. The number of nitrogens with zero attached hydrogens (tertiary/aromatic N) is 5. The molecule has 0 radical (unpaired) electrons. The second-order valence-electron chi connectivity index (χ2n) is 21.6. The Hall–Kier alpha value is -8.31. The van der Waals surface area contributed by atoms with Crippen LogP contribution in [0.2, 0.25) is 0 Å². The van der Waals surface area contributed by atoms with Gasteiger partial charge < -0.3 is 18.4 Å². The van der Waals surface area contributed by atoms with Gasteiger partial charge >= 0.3 is 0 Å². The van der Waals surface area contributed by atoms with Crippen LogP contribution in [0.3, 0.4) is 0 Å². The van der Waals surface area contributed by atoms with Crippen molar-refractivity contribution in [2.24, 2.45) is 0 Å². The number of fused-ring (bicyclic) bond motifs is 13. The van der Waals surface area contributed by atoms with Crippen LogP contribution in [-0.4, -0.2) is 18.7 Å². The Morgan fingerprint density at radius 2 is 1.03 bits per heavy atom. The van der Waals surface area contributed by atoms with Gasteiger partial charge in [0.2, 0.25) is 0 Å². The van der Waals surface area contributed by atoms with Crippen LogP contribution in [0.4, 0.5) is 0 Å². The number of pyridine rings is 1. The standard InChI is InChI=1S/C68H51N5O.Pt/c1-67(2,3)43-35-36-69-64(37-43)73-61-32-16-13-27-54(61)55-34-33-47(41-62(55)73)74-46-20-17-19-44(38-46)70-42-71-65-56(28-18-29-58(65)68(4,5)6)50-23-9-7-21-48(50)49-22-8-10-24-51(49)57-39-45(40-63(70)66(57)71)72-59-30-14-11-25-52(59)53-26-12-15-31-60(53)72;/h7-37,39-40H,1-6H3;/q-2;. The summed E-state index contributed by atoms with van der Waals surface area (Å²) in [6.45, 7) is 13.6. The zero-order valence-corrected chi connectivity index (χ0v) is 44.8. The van der Waals surface area contributed by atoms with Crippen LogP contribution in [0.25, 0.3) is 111 Å². The van der Waals surface area contributed by atoms with Crippen LogP contribution in [0, 0.1) is 18.5 Å². The Kier molecular flexibility index (Phi) is 10.8. The molecule has 7 heteroatoms. The maximum Gasteiger partial charge on any atom is 0.268 e. The third-order valence-corrected chi connectivity index (χ3v) is 15.0. The molecule has 0 fully saturated rings. The van der Waals surface area contributed by atoms with Gasteiger partial charge in [-0.05, 0) is 109 Å². The van der Waals surface area contributed by atoms with Crippen LogP contribution in [-0.2, 0) is 31.9 Å². The number of ether oxygens (including phenoxy) is 1. The minimum atomic E-state index is -0.214. The summed E-state index contributed by atoms with van der Waals surface area (Å²) in [7, 11) is 0. The average molecular weight is 1150 g/mol. The molecule has 0 bridgehead atoms. The van der Waals surface area contributed by atoms with Gasteiger partial charge in [-0.3, -0.25) is 4.57 Å². The molecule has 13 aromatic rings. The molecule has 0 N–H and O–H groups in total. The molecule has 4 aromatic heterocycles. The van der Waals surface area contributed by atoms with Crippen molar-refractivity contribution in [2.75, 3.05) is 0 Å². The Morgan fingerprint density at radius 3 is 1.68 bits per heavy atom. The van der Waals surface area contributed by atoms with Crippen LogP contribution in [0.15, 0.2) is 200 Å². The summed E-state index contributed by atoms with van der Waals surface area (Å²) in [5, 5.41) is 4.63. The van der Waals surface area contributed by atoms with Crippen molar-refractivity contribution >= 4 is 54.6 Å². The molecule has 0 amide bonds. The fourth-order valence-electron chi connectivity index (χ4n) is 11.5. The number of para-hydroxylation sites is 4. The molecule has 0 spiro atoms. The van der Waals surface area contributed by atoms with E-state index in [0.29, 0.717) is 11.5 Å². The first-order valence-electron chi connectivity index (χ1n) is 25.5. The molecule has 0 aliphatic carbocycles. The Bertz CT molecular complexity index is 4390. The van der Waals surface area contributed by atoms with Crippen LogP contribution in [0.5, 0.6) is 11.5 Å². The van der Waals surface area contributed by atoms with Gasteiger partial charge in [0.05, 0.1) is 27.8 Å². The van der Waals surface area contributed by atoms with Crippen LogP contribution >= 0.6 is 0 Å². The summed E-state index contributed by atoms with van der Waals surface area (Å²) < 4.78 is 16.0. The zero-order valence-electron chi connectivity index (χ0n) is 42.5. The number of rotatable bonds is 5. The second kappa shape index (κ2) is 17.4. The van der Waals surface area contributed by atoms with E-state index < -0.39 is 0 Å². The molecule has 0 unspecified atom stereocenters. The zero-order chi connectivity index (χ0) is 50.0. The fourth-order valence-corrected chi connectivity index (χ4v) is 11.5. The van der Waals surface area contributed by atoms with Crippen molar-refractivity contribution in [1.82, 2.24) is 18.7 Å². The van der Waals surface area contributed by atoms with Gasteiger partial charge in [0, 0.05) is 60.7 Å². The summed E-state index contributed by atoms with van der Waals surface area (Å²) >= 11 is 0. The largest absolute Gasteiger partial charge is 0.510 e. The minimum absolute atomic E-state index is 0. The molecule has 0 saturated carbocycles. The first kappa shape index (κ1) is 46.5. The van der Waals surface area contributed by atoms with Gasteiger partial charge in [0.15, 0.2) is 0 Å². The van der Waals surface area contributed by atoms with Crippen LogP contribution in [0.1, 0.15) is 52.7 Å². The van der Waals surface area contributed by atoms with E-state index in [1.165, 1.54) is 38.6 Å². The molecular weight excluding hydrogens is 1100 g/mol. The third-order valence-electron chi connectivity index (χ3n) is 15.0. The summed E-state index contributed by atoms with van der Waals surface area (Å²) in [4.78, 5) is 4.91. The Morgan fingerprint density at radius 1 is 0.467 bits per heavy atom. The van der Waals surface area contributed by atoms with E-state index in [1.807, 2.05) is 24.4 Å². The van der Waals surface area contributed by atoms with E-state index in [2.05, 4.69) is 254 Å². The van der Waals surface area contributed by atoms with E-state index in [9.17, 15) is 0 Å². The molecule has 5 heterocycles. The summed E-state index contributed by atoms with van der Waals surface area (Å²) in [5.74, 6) is 1.98. The predicted octanol–water partition coefficient (Wildman–Crippen LogP) is 16.6. The molecule has 366 valence electrons. The monoisotopic (exact) mass is 1150 g/mol. The van der Waals surface area contributed by atoms with Gasteiger partial charge in [-0.15, -0.1) is 29.7 Å². The molecule has 0 atom stereocenters. The predicted molar refractivity (Wildman–Crippen MR) is 302 cm³/mol. The van der Waals surface area contributed by atoms with Gasteiger partial charge in [-0.2, -0.15) is 18.2 Å². The van der Waals surface area contributed by atoms with Crippen molar-refractivity contribution in [2.45, 2.75) is 52.4 Å². The van der Waals surface area contributed by atoms with E-state index in [0.717, 1.165) is 83.4 Å². The van der Waals surface area contributed by atoms with Gasteiger partial charge in [-0.25, -0.2) is 4.98 Å². The summed E-state index contributed by atoms with van der Waals surface area (Å²) in [6, 6.07) is 77.2. The smallest absolute Gasteiger partial charge is 0.268 e. The second-order valence-corrected chi connectivity index (χ2v) is 21.6. The van der Waals surface area contributed by atoms with Crippen LogP contribution < -0.4 is 9.30 Å². The molecule has 75 heavy (non-hydrogen) atoms. The van der Waals surface area contributed by atoms with Crippen molar-refractivity contribution in [3.63, 3.8) is 0 Å². The van der Waals surface area contributed by atoms with E-state index >= 15 is 0 Å². The SMILES string of the molecule is CC(C)(C)c1ccnc(-n2c3[c-]c(Oc4[c-]c(-n5[c-][n+]6c7c(cc(-n8c9ccccc9c9ccccc98)cc75)-c5ccccc5-c5ccccc5-c5cccc(C(C)(C)C)c5-6)ccc4)ccc3c3ccccc32)c1.[Pt]. The number of hydrogen-bond donors (Lipinski definition) is 0.